The van der Waals surface area contributed by atoms with Gasteiger partial charge >= 0.3 is 0 Å². The zero-order valence-corrected chi connectivity index (χ0v) is 12.8. The van der Waals surface area contributed by atoms with Crippen LogP contribution >= 0.6 is 35.0 Å². The first-order valence-electron chi connectivity index (χ1n) is 5.83. The fraction of sp³-hybridized carbons (Fsp3) is 0.462. The van der Waals surface area contributed by atoms with Gasteiger partial charge in [0.1, 0.15) is 0 Å². The molecule has 1 aromatic rings. The topological polar surface area (TPSA) is 29.1 Å². The molecular formula is C13H17Cl2NOS. The summed E-state index contributed by atoms with van der Waals surface area (Å²) in [7, 11) is 0. The summed E-state index contributed by atoms with van der Waals surface area (Å²) in [6.45, 7) is 4.99. The van der Waals surface area contributed by atoms with Crippen LogP contribution in [0.2, 0.25) is 10.0 Å². The van der Waals surface area contributed by atoms with Gasteiger partial charge in [0.2, 0.25) is 5.91 Å². The first kappa shape index (κ1) is 15.7. The van der Waals surface area contributed by atoms with Crippen LogP contribution in [0.4, 0.5) is 0 Å². The number of amides is 1. The lowest BCUT2D eigenvalue weighted by atomic mass is 10.1. The molecule has 0 aliphatic carbocycles. The molecule has 0 saturated heterocycles. The third-order valence-corrected chi connectivity index (χ3v) is 4.03. The number of nitrogens with one attached hydrogen (secondary N) is 1. The zero-order chi connectivity index (χ0) is 13.5. The third-order valence-electron chi connectivity index (χ3n) is 2.30. The molecule has 0 unspecified atom stereocenters. The van der Waals surface area contributed by atoms with Crippen molar-refractivity contribution < 1.29 is 4.79 Å². The Labute approximate surface area is 122 Å². The molecule has 0 heterocycles. The molecule has 0 aliphatic heterocycles. The number of carbonyl (C=O) groups excluding carboxylic acids is 1. The molecule has 1 amide bonds. The summed E-state index contributed by atoms with van der Waals surface area (Å²) >= 11 is 13.3. The van der Waals surface area contributed by atoms with Gasteiger partial charge in [-0.05, 0) is 30.5 Å². The van der Waals surface area contributed by atoms with Crippen molar-refractivity contribution in [2.24, 2.45) is 5.92 Å². The second kappa shape index (κ2) is 7.93. The molecule has 1 rings (SSSR count). The van der Waals surface area contributed by atoms with Gasteiger partial charge in [-0.3, -0.25) is 4.79 Å². The van der Waals surface area contributed by atoms with Gasteiger partial charge in [-0.2, -0.15) is 0 Å². The first-order chi connectivity index (χ1) is 8.49. The fourth-order valence-corrected chi connectivity index (χ4v) is 2.61. The smallest absolute Gasteiger partial charge is 0.230 e. The van der Waals surface area contributed by atoms with Crippen molar-refractivity contribution in [1.82, 2.24) is 5.32 Å². The SMILES string of the molecule is CC(C)CCNC(=O)CSc1cc(Cl)ccc1Cl. The van der Waals surface area contributed by atoms with Crippen molar-refractivity contribution in [2.75, 3.05) is 12.3 Å². The number of hydrogen-bond acceptors (Lipinski definition) is 2. The fourth-order valence-electron chi connectivity index (χ4n) is 1.28. The van der Waals surface area contributed by atoms with E-state index < -0.39 is 0 Å². The Hall–Kier alpha value is -0.380. The molecular weight excluding hydrogens is 289 g/mol. The Morgan fingerprint density at radius 3 is 2.78 bits per heavy atom. The Kier molecular flexibility index (Phi) is 6.90. The van der Waals surface area contributed by atoms with E-state index in [-0.39, 0.29) is 5.91 Å². The van der Waals surface area contributed by atoms with Crippen LogP contribution in [0.1, 0.15) is 20.3 Å². The number of benzene rings is 1. The molecule has 0 bridgehead atoms. The van der Waals surface area contributed by atoms with E-state index in [1.54, 1.807) is 18.2 Å². The van der Waals surface area contributed by atoms with Gasteiger partial charge < -0.3 is 5.32 Å². The third kappa shape index (κ3) is 5.98. The van der Waals surface area contributed by atoms with Crippen molar-refractivity contribution in [3.63, 3.8) is 0 Å². The minimum Gasteiger partial charge on any atom is -0.355 e. The van der Waals surface area contributed by atoms with Gasteiger partial charge in [-0.15, -0.1) is 11.8 Å². The van der Waals surface area contributed by atoms with E-state index in [1.807, 2.05) is 0 Å². The molecule has 1 aromatic carbocycles. The monoisotopic (exact) mass is 305 g/mol. The highest BCUT2D eigenvalue weighted by molar-refractivity contribution is 8.00. The van der Waals surface area contributed by atoms with Crippen LogP contribution in [0, 0.1) is 5.92 Å². The highest BCUT2D eigenvalue weighted by Gasteiger charge is 2.06. The molecule has 0 aromatic heterocycles. The lowest BCUT2D eigenvalue weighted by Crippen LogP contribution is -2.26. The summed E-state index contributed by atoms with van der Waals surface area (Å²) in [4.78, 5) is 12.4. The molecule has 0 radical (unpaired) electrons. The van der Waals surface area contributed by atoms with Crippen molar-refractivity contribution in [1.29, 1.82) is 0 Å². The van der Waals surface area contributed by atoms with Crippen molar-refractivity contribution in [3.8, 4) is 0 Å². The average Bonchev–Trinajstić information content (AvgIpc) is 2.30. The minimum absolute atomic E-state index is 0.0247. The Morgan fingerprint density at radius 2 is 2.11 bits per heavy atom. The number of thioether (sulfide) groups is 1. The summed E-state index contributed by atoms with van der Waals surface area (Å²) in [5.74, 6) is 0.982. The lowest BCUT2D eigenvalue weighted by Gasteiger charge is -2.08. The van der Waals surface area contributed by atoms with Crippen molar-refractivity contribution in [2.45, 2.75) is 25.2 Å². The van der Waals surface area contributed by atoms with Crippen LogP contribution in [-0.2, 0) is 4.79 Å². The summed E-state index contributed by atoms with van der Waals surface area (Å²) < 4.78 is 0. The molecule has 0 spiro atoms. The average molecular weight is 306 g/mol. The molecule has 0 aliphatic rings. The van der Waals surface area contributed by atoms with E-state index in [0.29, 0.717) is 21.7 Å². The van der Waals surface area contributed by atoms with E-state index in [4.69, 9.17) is 23.2 Å². The maximum Gasteiger partial charge on any atom is 0.230 e. The van der Waals surface area contributed by atoms with Crippen LogP contribution in [0.3, 0.4) is 0 Å². The van der Waals surface area contributed by atoms with E-state index in [0.717, 1.165) is 17.9 Å². The van der Waals surface area contributed by atoms with Gasteiger partial charge in [0.15, 0.2) is 0 Å². The van der Waals surface area contributed by atoms with Gasteiger partial charge in [0.25, 0.3) is 0 Å². The maximum absolute atomic E-state index is 11.6. The lowest BCUT2D eigenvalue weighted by molar-refractivity contribution is -0.118. The molecule has 5 heteroatoms. The van der Waals surface area contributed by atoms with E-state index in [9.17, 15) is 4.79 Å². The second-order valence-corrected chi connectivity index (χ2v) is 6.26. The summed E-state index contributed by atoms with van der Waals surface area (Å²) in [5, 5.41) is 4.13. The molecule has 100 valence electrons. The van der Waals surface area contributed by atoms with Crippen molar-refractivity contribution >= 4 is 40.9 Å². The van der Waals surface area contributed by atoms with Crippen LogP contribution in [0.25, 0.3) is 0 Å². The predicted octanol–water partition coefficient (Wildman–Crippen LogP) is 4.25. The molecule has 18 heavy (non-hydrogen) atoms. The number of hydrogen-bond donors (Lipinski definition) is 1. The van der Waals surface area contributed by atoms with Gasteiger partial charge in [-0.1, -0.05) is 37.0 Å². The van der Waals surface area contributed by atoms with Crippen LogP contribution in [0.5, 0.6) is 0 Å². The summed E-state index contributed by atoms with van der Waals surface area (Å²) in [6, 6.07) is 5.25. The van der Waals surface area contributed by atoms with Gasteiger partial charge in [0.05, 0.1) is 10.8 Å². The van der Waals surface area contributed by atoms with Crippen molar-refractivity contribution in [3.05, 3.63) is 28.2 Å². The normalized spacial score (nSPS) is 10.7. The second-order valence-electron chi connectivity index (χ2n) is 4.40. The Morgan fingerprint density at radius 1 is 1.39 bits per heavy atom. The Bertz CT molecular complexity index is 410. The molecule has 1 N–H and O–H groups in total. The van der Waals surface area contributed by atoms with Gasteiger partial charge in [-0.25, -0.2) is 0 Å². The van der Waals surface area contributed by atoms with E-state index >= 15 is 0 Å². The minimum atomic E-state index is 0.0247. The van der Waals surface area contributed by atoms with Crippen LogP contribution in [-0.4, -0.2) is 18.2 Å². The van der Waals surface area contributed by atoms with E-state index in [2.05, 4.69) is 19.2 Å². The first-order valence-corrected chi connectivity index (χ1v) is 7.57. The number of rotatable bonds is 6. The van der Waals surface area contributed by atoms with Gasteiger partial charge in [0, 0.05) is 16.5 Å². The molecule has 0 atom stereocenters. The molecule has 2 nitrogen and oxygen atoms in total. The number of carbonyl (C=O) groups is 1. The largest absolute Gasteiger partial charge is 0.355 e. The molecule has 0 fully saturated rings. The summed E-state index contributed by atoms with van der Waals surface area (Å²) in [6.07, 6.45) is 0.994. The standard InChI is InChI=1S/C13H17Cl2NOS/c1-9(2)5-6-16-13(17)8-18-12-7-10(14)3-4-11(12)15/h3-4,7,9H,5-6,8H2,1-2H3,(H,16,17). The van der Waals surface area contributed by atoms with Crippen LogP contribution in [0.15, 0.2) is 23.1 Å². The highest BCUT2D eigenvalue weighted by atomic mass is 35.5. The zero-order valence-electron chi connectivity index (χ0n) is 10.5. The predicted molar refractivity (Wildman–Crippen MR) is 79.7 cm³/mol. The van der Waals surface area contributed by atoms with E-state index in [1.165, 1.54) is 11.8 Å². The van der Waals surface area contributed by atoms with Crippen LogP contribution < -0.4 is 5.32 Å². The maximum atomic E-state index is 11.6. The highest BCUT2D eigenvalue weighted by Crippen LogP contribution is 2.29. The number of halogens is 2. The molecule has 0 saturated carbocycles. The Balaban J connectivity index is 2.36. The summed E-state index contributed by atoms with van der Waals surface area (Å²) in [5.41, 5.74) is 0. The quantitative estimate of drug-likeness (QED) is 0.796.